The first-order valence-electron chi connectivity index (χ1n) is 6.32. The Kier molecular flexibility index (Phi) is 3.22. The number of carbonyl (C=O) groups excluding carboxylic acids is 1. The Morgan fingerprint density at radius 2 is 2.44 bits per heavy atom. The summed E-state index contributed by atoms with van der Waals surface area (Å²) in [6, 6.07) is 1.12. The van der Waals surface area contributed by atoms with Gasteiger partial charge in [0.05, 0.1) is 7.11 Å². The smallest absolute Gasteiger partial charge is 0.357 e. The number of nitrogens with one attached hydrogen (secondary N) is 1. The van der Waals surface area contributed by atoms with Gasteiger partial charge < -0.3 is 10.1 Å². The van der Waals surface area contributed by atoms with E-state index in [1.807, 2.05) is 0 Å². The van der Waals surface area contributed by atoms with Crippen molar-refractivity contribution >= 4 is 22.4 Å². The Bertz CT molecular complexity index is 448. The van der Waals surface area contributed by atoms with Gasteiger partial charge in [-0.05, 0) is 25.8 Å². The van der Waals surface area contributed by atoms with Gasteiger partial charge in [-0.15, -0.1) is 11.3 Å². The van der Waals surface area contributed by atoms with Crippen LogP contribution in [0, 0.1) is 0 Å². The van der Waals surface area contributed by atoms with Gasteiger partial charge in [0, 0.05) is 24.0 Å². The second-order valence-corrected chi connectivity index (χ2v) is 5.67. The van der Waals surface area contributed by atoms with Crippen LogP contribution in [0.4, 0.5) is 5.13 Å². The minimum Gasteiger partial charge on any atom is -0.464 e. The summed E-state index contributed by atoms with van der Waals surface area (Å²) in [4.78, 5) is 18.2. The molecule has 0 spiro atoms. The lowest BCUT2D eigenvalue weighted by molar-refractivity contribution is 0.0595. The highest BCUT2D eigenvalue weighted by Gasteiger charge is 2.37. The SMILES string of the molecule is COC(=O)c1csc(NC2CCN3CCCC23)n1. The number of esters is 1. The Morgan fingerprint density at radius 1 is 1.56 bits per heavy atom. The van der Waals surface area contributed by atoms with E-state index in [1.54, 1.807) is 5.38 Å². The fourth-order valence-electron chi connectivity index (χ4n) is 2.95. The largest absolute Gasteiger partial charge is 0.464 e. The Morgan fingerprint density at radius 3 is 3.28 bits per heavy atom. The molecular formula is C12H17N3O2S. The molecule has 2 atom stereocenters. The van der Waals surface area contributed by atoms with Gasteiger partial charge >= 0.3 is 5.97 Å². The number of anilines is 1. The maximum Gasteiger partial charge on any atom is 0.357 e. The molecule has 0 amide bonds. The molecule has 18 heavy (non-hydrogen) atoms. The van der Waals surface area contributed by atoms with Gasteiger partial charge in [-0.25, -0.2) is 9.78 Å². The van der Waals surface area contributed by atoms with Gasteiger partial charge in [-0.1, -0.05) is 0 Å². The quantitative estimate of drug-likeness (QED) is 0.843. The molecule has 5 nitrogen and oxygen atoms in total. The molecule has 0 radical (unpaired) electrons. The van der Waals surface area contributed by atoms with Crippen molar-refractivity contribution < 1.29 is 9.53 Å². The predicted molar refractivity (Wildman–Crippen MR) is 70.1 cm³/mol. The van der Waals surface area contributed by atoms with E-state index < -0.39 is 0 Å². The van der Waals surface area contributed by atoms with Crippen LogP contribution in [0.15, 0.2) is 5.38 Å². The summed E-state index contributed by atoms with van der Waals surface area (Å²) in [6.07, 6.45) is 3.73. The molecule has 1 N–H and O–H groups in total. The molecule has 1 aromatic heterocycles. The summed E-state index contributed by atoms with van der Waals surface area (Å²) in [7, 11) is 1.38. The summed E-state index contributed by atoms with van der Waals surface area (Å²) in [5.74, 6) is -0.367. The molecule has 3 heterocycles. The van der Waals surface area contributed by atoms with Crippen molar-refractivity contribution in [2.75, 3.05) is 25.5 Å². The topological polar surface area (TPSA) is 54.5 Å². The monoisotopic (exact) mass is 267 g/mol. The minimum absolute atomic E-state index is 0.367. The number of aromatic nitrogens is 1. The molecule has 98 valence electrons. The molecule has 0 saturated carbocycles. The van der Waals surface area contributed by atoms with Gasteiger partial charge in [0.25, 0.3) is 0 Å². The molecule has 0 aliphatic carbocycles. The maximum atomic E-state index is 11.3. The molecule has 2 unspecified atom stereocenters. The van der Waals surface area contributed by atoms with Crippen molar-refractivity contribution in [2.45, 2.75) is 31.3 Å². The lowest BCUT2D eigenvalue weighted by Gasteiger charge is -2.20. The number of thiazole rings is 1. The van der Waals surface area contributed by atoms with E-state index in [4.69, 9.17) is 0 Å². The summed E-state index contributed by atoms with van der Waals surface area (Å²) >= 11 is 1.47. The number of rotatable bonds is 3. The van der Waals surface area contributed by atoms with E-state index in [-0.39, 0.29) is 5.97 Å². The first kappa shape index (κ1) is 11.9. The molecular weight excluding hydrogens is 250 g/mol. The molecule has 2 fully saturated rings. The maximum absolute atomic E-state index is 11.3. The van der Waals surface area contributed by atoms with Gasteiger partial charge in [0.15, 0.2) is 10.8 Å². The number of carbonyl (C=O) groups is 1. The van der Waals surface area contributed by atoms with Crippen molar-refractivity contribution in [1.82, 2.24) is 9.88 Å². The number of ether oxygens (including phenoxy) is 1. The van der Waals surface area contributed by atoms with E-state index in [0.29, 0.717) is 17.8 Å². The van der Waals surface area contributed by atoms with Crippen LogP contribution in [0.5, 0.6) is 0 Å². The molecule has 2 aliphatic rings. The molecule has 1 aromatic rings. The van der Waals surface area contributed by atoms with Gasteiger partial charge in [0.2, 0.25) is 0 Å². The predicted octanol–water partition coefficient (Wildman–Crippen LogP) is 1.58. The van der Waals surface area contributed by atoms with Crippen LogP contribution >= 0.6 is 11.3 Å². The van der Waals surface area contributed by atoms with Crippen LogP contribution < -0.4 is 5.32 Å². The number of hydrogen-bond acceptors (Lipinski definition) is 6. The third-order valence-corrected chi connectivity index (χ3v) is 4.59. The van der Waals surface area contributed by atoms with Crippen LogP contribution in [0.2, 0.25) is 0 Å². The molecule has 3 rings (SSSR count). The molecule has 6 heteroatoms. The zero-order valence-electron chi connectivity index (χ0n) is 10.4. The van der Waals surface area contributed by atoms with E-state index >= 15 is 0 Å². The molecule has 2 aliphatic heterocycles. The zero-order valence-corrected chi connectivity index (χ0v) is 11.2. The van der Waals surface area contributed by atoms with Crippen LogP contribution in [-0.2, 0) is 4.74 Å². The number of nitrogens with zero attached hydrogens (tertiary/aromatic N) is 2. The number of hydrogen-bond donors (Lipinski definition) is 1. The van der Waals surface area contributed by atoms with E-state index in [0.717, 1.165) is 11.6 Å². The summed E-state index contributed by atoms with van der Waals surface area (Å²) < 4.78 is 4.66. The highest BCUT2D eigenvalue weighted by molar-refractivity contribution is 7.13. The second kappa shape index (κ2) is 4.85. The minimum atomic E-state index is -0.367. The highest BCUT2D eigenvalue weighted by atomic mass is 32.1. The number of methoxy groups -OCH3 is 1. The van der Waals surface area contributed by atoms with Gasteiger partial charge in [0.1, 0.15) is 0 Å². The van der Waals surface area contributed by atoms with Crippen LogP contribution in [0.25, 0.3) is 0 Å². The van der Waals surface area contributed by atoms with Crippen molar-refractivity contribution in [2.24, 2.45) is 0 Å². The second-order valence-electron chi connectivity index (χ2n) is 4.81. The fourth-order valence-corrected chi connectivity index (χ4v) is 3.69. The van der Waals surface area contributed by atoms with Crippen molar-refractivity contribution in [3.63, 3.8) is 0 Å². The molecule has 0 bridgehead atoms. The third kappa shape index (κ3) is 2.10. The van der Waals surface area contributed by atoms with Crippen LogP contribution in [-0.4, -0.2) is 48.1 Å². The lowest BCUT2D eigenvalue weighted by Crippen LogP contribution is -2.33. The summed E-state index contributed by atoms with van der Waals surface area (Å²) in [5, 5.41) is 6.04. The van der Waals surface area contributed by atoms with E-state index in [1.165, 1.54) is 44.4 Å². The first-order valence-corrected chi connectivity index (χ1v) is 7.20. The average molecular weight is 267 g/mol. The molecule has 2 saturated heterocycles. The molecule has 0 aromatic carbocycles. The van der Waals surface area contributed by atoms with Crippen molar-refractivity contribution in [3.8, 4) is 0 Å². The Hall–Kier alpha value is -1.14. The Labute approximate surface area is 110 Å². The average Bonchev–Trinajstić information content (AvgIpc) is 3.06. The van der Waals surface area contributed by atoms with Crippen LogP contribution in [0.3, 0.4) is 0 Å². The standard InChI is InChI=1S/C12H17N3O2S/c1-17-11(16)9-7-18-12(14-9)13-8-4-6-15-5-2-3-10(8)15/h7-8,10H,2-6H2,1H3,(H,13,14). The summed E-state index contributed by atoms with van der Waals surface area (Å²) in [5.41, 5.74) is 0.395. The normalized spacial score (nSPS) is 27.2. The number of fused-ring (bicyclic) bond motifs is 1. The van der Waals surface area contributed by atoms with Crippen LogP contribution in [0.1, 0.15) is 29.8 Å². The Balaban J connectivity index is 1.66. The zero-order chi connectivity index (χ0) is 12.5. The van der Waals surface area contributed by atoms with Gasteiger partial charge in [-0.3, -0.25) is 4.90 Å². The van der Waals surface area contributed by atoms with Gasteiger partial charge in [-0.2, -0.15) is 0 Å². The first-order chi connectivity index (χ1) is 8.78. The van der Waals surface area contributed by atoms with Crippen molar-refractivity contribution in [3.05, 3.63) is 11.1 Å². The summed E-state index contributed by atoms with van der Waals surface area (Å²) in [6.45, 7) is 2.41. The van der Waals surface area contributed by atoms with Crippen molar-refractivity contribution in [1.29, 1.82) is 0 Å². The lowest BCUT2D eigenvalue weighted by atomic mass is 10.1. The van der Waals surface area contributed by atoms with E-state index in [9.17, 15) is 4.79 Å². The fraction of sp³-hybridized carbons (Fsp3) is 0.667. The van der Waals surface area contributed by atoms with E-state index in [2.05, 4.69) is 19.9 Å². The highest BCUT2D eigenvalue weighted by Crippen LogP contribution is 2.30. The third-order valence-electron chi connectivity index (χ3n) is 3.81.